The average Bonchev–Trinajstić information content (AvgIpc) is 3.08. The molecule has 1 amide bonds. The first-order valence-electron chi connectivity index (χ1n) is 9.05. The molecule has 3 rings (SSSR count). The molecular formula is C19H26N4O2S. The molecule has 1 aromatic carbocycles. The Labute approximate surface area is 158 Å². The van der Waals surface area contributed by atoms with Crippen molar-refractivity contribution in [3.8, 4) is 5.75 Å². The third-order valence-corrected chi connectivity index (χ3v) is 5.98. The van der Waals surface area contributed by atoms with Crippen LogP contribution in [0.1, 0.15) is 51.8 Å². The molecule has 140 valence electrons. The van der Waals surface area contributed by atoms with Gasteiger partial charge in [-0.3, -0.25) is 4.79 Å². The van der Waals surface area contributed by atoms with Gasteiger partial charge in [-0.15, -0.1) is 10.2 Å². The molecule has 0 aliphatic carbocycles. The number of ether oxygens (including phenoxy) is 1. The van der Waals surface area contributed by atoms with E-state index in [-0.39, 0.29) is 29.2 Å². The predicted molar refractivity (Wildman–Crippen MR) is 102 cm³/mol. The Hall–Kier alpha value is -2.02. The lowest BCUT2D eigenvalue weighted by atomic mass is 10.00. The van der Waals surface area contributed by atoms with Crippen molar-refractivity contribution >= 4 is 17.7 Å². The van der Waals surface area contributed by atoms with Crippen LogP contribution < -0.4 is 10.1 Å². The summed E-state index contributed by atoms with van der Waals surface area (Å²) in [6, 6.07) is 8.14. The zero-order valence-corrected chi connectivity index (χ0v) is 16.5. The van der Waals surface area contributed by atoms with Crippen molar-refractivity contribution in [3.05, 3.63) is 36.2 Å². The average molecular weight is 375 g/mol. The van der Waals surface area contributed by atoms with Crippen molar-refractivity contribution in [1.82, 2.24) is 20.1 Å². The first-order chi connectivity index (χ1) is 12.5. The maximum absolute atomic E-state index is 13.0. The van der Waals surface area contributed by atoms with Crippen LogP contribution in [0.3, 0.4) is 0 Å². The van der Waals surface area contributed by atoms with E-state index < -0.39 is 0 Å². The van der Waals surface area contributed by atoms with Gasteiger partial charge in [0.05, 0.1) is 17.9 Å². The van der Waals surface area contributed by atoms with Gasteiger partial charge in [0.1, 0.15) is 12.1 Å². The van der Waals surface area contributed by atoms with E-state index in [1.807, 2.05) is 28.8 Å². The maximum Gasteiger partial charge on any atom is 0.234 e. The third kappa shape index (κ3) is 4.03. The molecule has 1 aromatic heterocycles. The molecule has 1 aliphatic rings. The van der Waals surface area contributed by atoms with E-state index in [2.05, 4.69) is 43.2 Å². The number of aromatic nitrogens is 3. The van der Waals surface area contributed by atoms with E-state index >= 15 is 0 Å². The molecule has 7 heteroatoms. The molecule has 0 radical (unpaired) electrons. The molecule has 1 N–H and O–H groups in total. The van der Waals surface area contributed by atoms with E-state index in [0.717, 1.165) is 22.9 Å². The van der Waals surface area contributed by atoms with Gasteiger partial charge in [0.25, 0.3) is 0 Å². The number of fused-ring (bicyclic) bond motifs is 1. The summed E-state index contributed by atoms with van der Waals surface area (Å²) in [5.74, 6) is 1.06. The third-order valence-electron chi connectivity index (χ3n) is 4.47. The van der Waals surface area contributed by atoms with Crippen LogP contribution in [-0.4, -0.2) is 32.5 Å². The molecule has 0 fully saturated rings. The first kappa shape index (κ1) is 18.8. The highest BCUT2D eigenvalue weighted by Crippen LogP contribution is 2.33. The summed E-state index contributed by atoms with van der Waals surface area (Å²) in [6.07, 6.45) is 2.50. The number of benzene rings is 1. The van der Waals surface area contributed by atoms with Crippen LogP contribution in [0, 0.1) is 5.92 Å². The number of hydrogen-bond acceptors (Lipinski definition) is 5. The number of carbonyl (C=O) groups is 1. The lowest BCUT2D eigenvalue weighted by Crippen LogP contribution is -2.40. The van der Waals surface area contributed by atoms with Gasteiger partial charge in [0.15, 0.2) is 5.16 Å². The molecule has 0 unspecified atom stereocenters. The second-order valence-corrected chi connectivity index (χ2v) is 8.24. The molecule has 1 aliphatic heterocycles. The van der Waals surface area contributed by atoms with Crippen molar-refractivity contribution in [2.24, 2.45) is 5.92 Å². The molecule has 2 heterocycles. The Balaban J connectivity index is 1.75. The minimum absolute atomic E-state index is 0.0164. The molecule has 2 aromatic rings. The molecule has 0 bridgehead atoms. The summed E-state index contributed by atoms with van der Waals surface area (Å²) in [5.41, 5.74) is 1.05. The van der Waals surface area contributed by atoms with Crippen LogP contribution in [0.25, 0.3) is 0 Å². The van der Waals surface area contributed by atoms with Gasteiger partial charge in [0.2, 0.25) is 5.91 Å². The molecule has 0 saturated carbocycles. The van der Waals surface area contributed by atoms with E-state index in [4.69, 9.17) is 4.74 Å². The summed E-state index contributed by atoms with van der Waals surface area (Å²) < 4.78 is 7.69. The van der Waals surface area contributed by atoms with Gasteiger partial charge < -0.3 is 14.6 Å². The quantitative estimate of drug-likeness (QED) is 0.782. The normalized spacial score (nSPS) is 17.7. The maximum atomic E-state index is 13.0. The molecule has 26 heavy (non-hydrogen) atoms. The fraction of sp³-hybridized carbons (Fsp3) is 0.526. The fourth-order valence-corrected chi connectivity index (χ4v) is 4.17. The van der Waals surface area contributed by atoms with Gasteiger partial charge in [-0.2, -0.15) is 0 Å². The Kier molecular flexibility index (Phi) is 5.86. The highest BCUT2D eigenvalue weighted by molar-refractivity contribution is 8.00. The van der Waals surface area contributed by atoms with Crippen molar-refractivity contribution in [2.45, 2.75) is 56.6 Å². The van der Waals surface area contributed by atoms with Gasteiger partial charge >= 0.3 is 0 Å². The molecule has 0 saturated heterocycles. The number of hydrogen-bond donors (Lipinski definition) is 1. The van der Waals surface area contributed by atoms with Gasteiger partial charge in [0, 0.05) is 18.0 Å². The van der Waals surface area contributed by atoms with E-state index in [9.17, 15) is 4.79 Å². The smallest absolute Gasteiger partial charge is 0.234 e. The summed E-state index contributed by atoms with van der Waals surface area (Å²) in [5, 5.41) is 12.0. The van der Waals surface area contributed by atoms with Crippen LogP contribution in [0.5, 0.6) is 5.75 Å². The lowest BCUT2D eigenvalue weighted by Gasteiger charge is -2.29. The Bertz CT molecular complexity index is 760. The Morgan fingerprint density at radius 1 is 1.31 bits per heavy atom. The zero-order chi connectivity index (χ0) is 18.7. The summed E-state index contributed by atoms with van der Waals surface area (Å²) in [4.78, 5) is 13.0. The number of nitrogens with one attached hydrogen (secondary N) is 1. The van der Waals surface area contributed by atoms with E-state index in [0.29, 0.717) is 6.61 Å². The Morgan fingerprint density at radius 2 is 2.08 bits per heavy atom. The first-order valence-corrected chi connectivity index (χ1v) is 9.93. The van der Waals surface area contributed by atoms with Crippen LogP contribution in [0.4, 0.5) is 0 Å². The highest BCUT2D eigenvalue weighted by atomic mass is 32.2. The minimum atomic E-state index is -0.230. The number of nitrogens with zero attached hydrogens (tertiary/aromatic N) is 3. The van der Waals surface area contributed by atoms with Gasteiger partial charge in [-0.25, -0.2) is 0 Å². The van der Waals surface area contributed by atoms with Gasteiger partial charge in [-0.05, 0) is 25.8 Å². The monoisotopic (exact) mass is 374 g/mol. The highest BCUT2D eigenvalue weighted by Gasteiger charge is 2.30. The van der Waals surface area contributed by atoms with Crippen molar-refractivity contribution in [2.75, 3.05) is 6.61 Å². The predicted octanol–water partition coefficient (Wildman–Crippen LogP) is 3.62. The largest absolute Gasteiger partial charge is 0.493 e. The topological polar surface area (TPSA) is 69.0 Å². The van der Waals surface area contributed by atoms with Gasteiger partial charge in [-0.1, -0.05) is 43.8 Å². The standard InChI is InChI=1S/C19H26N4O2S/c1-12(2)17(26-19-22-20-11-23(19)13(3)4)18(24)21-15-9-10-25-16-8-6-5-7-14(15)16/h5-8,11-13,15,17H,9-10H2,1-4H3,(H,21,24)/t15-,17-/m0/s1. The number of thioether (sulfide) groups is 1. The zero-order valence-electron chi connectivity index (χ0n) is 15.7. The summed E-state index contributed by atoms with van der Waals surface area (Å²) >= 11 is 1.48. The second kappa shape index (κ2) is 8.12. The minimum Gasteiger partial charge on any atom is -0.493 e. The summed E-state index contributed by atoms with van der Waals surface area (Å²) in [6.45, 7) is 8.90. The van der Waals surface area contributed by atoms with Crippen molar-refractivity contribution in [3.63, 3.8) is 0 Å². The fourth-order valence-electron chi connectivity index (χ4n) is 3.02. The summed E-state index contributed by atoms with van der Waals surface area (Å²) in [7, 11) is 0. The number of para-hydroxylation sites is 1. The van der Waals surface area contributed by atoms with Crippen LogP contribution in [0.15, 0.2) is 35.7 Å². The van der Waals surface area contributed by atoms with Crippen LogP contribution in [0.2, 0.25) is 0 Å². The van der Waals surface area contributed by atoms with Crippen LogP contribution >= 0.6 is 11.8 Å². The second-order valence-electron chi connectivity index (χ2n) is 7.13. The van der Waals surface area contributed by atoms with E-state index in [1.54, 1.807) is 6.33 Å². The number of carbonyl (C=O) groups excluding carboxylic acids is 1. The van der Waals surface area contributed by atoms with E-state index in [1.165, 1.54) is 11.8 Å². The number of amides is 1. The lowest BCUT2D eigenvalue weighted by molar-refractivity contribution is -0.122. The van der Waals surface area contributed by atoms with Crippen LogP contribution in [-0.2, 0) is 4.79 Å². The molecule has 0 spiro atoms. The molecular weight excluding hydrogens is 348 g/mol. The Morgan fingerprint density at radius 3 is 2.81 bits per heavy atom. The molecule has 6 nitrogen and oxygen atoms in total. The van der Waals surface area contributed by atoms with Crippen molar-refractivity contribution in [1.29, 1.82) is 0 Å². The SMILES string of the molecule is CC(C)[C@H](Sc1nncn1C(C)C)C(=O)N[C@H]1CCOc2ccccc21. The molecule has 2 atom stereocenters. The number of rotatable bonds is 6. The van der Waals surface area contributed by atoms with Crippen molar-refractivity contribution < 1.29 is 9.53 Å².